The maximum absolute atomic E-state index is 10.9. The van der Waals surface area contributed by atoms with E-state index in [1.54, 1.807) is 12.4 Å². The summed E-state index contributed by atoms with van der Waals surface area (Å²) < 4.78 is 0. The molecule has 0 radical (unpaired) electrons. The van der Waals surface area contributed by atoms with Crippen LogP contribution in [0.1, 0.15) is 114 Å². The molecule has 0 amide bonds. The van der Waals surface area contributed by atoms with E-state index >= 15 is 0 Å². The minimum atomic E-state index is -0.140. The topological polar surface area (TPSA) is 65.2 Å². The summed E-state index contributed by atoms with van der Waals surface area (Å²) in [5, 5.41) is 21.8. The predicted molar refractivity (Wildman–Crippen MR) is 156 cm³/mol. The van der Waals surface area contributed by atoms with Crippen LogP contribution in [-0.2, 0) is 23.7 Å². The molecule has 2 N–H and O–H groups in total. The lowest BCUT2D eigenvalue weighted by atomic mass is 9.83. The molecule has 4 heteroatoms. The molecule has 0 aliphatic carbocycles. The first-order valence-corrected chi connectivity index (χ1v) is 13.6. The van der Waals surface area contributed by atoms with E-state index in [-0.39, 0.29) is 10.8 Å². The Balaban J connectivity index is 2.17. The van der Waals surface area contributed by atoms with Gasteiger partial charge in [-0.25, -0.2) is 0 Å². The van der Waals surface area contributed by atoms with Crippen molar-refractivity contribution >= 4 is 12.4 Å². The molecule has 0 atom stereocenters. The van der Waals surface area contributed by atoms with E-state index in [2.05, 4.69) is 89.6 Å². The first kappa shape index (κ1) is 29.6. The van der Waals surface area contributed by atoms with Crippen LogP contribution in [0.25, 0.3) is 0 Å². The fourth-order valence-corrected chi connectivity index (χ4v) is 4.27. The van der Waals surface area contributed by atoms with Crippen LogP contribution < -0.4 is 0 Å². The average molecular weight is 493 g/mol. The Morgan fingerprint density at radius 1 is 0.639 bits per heavy atom. The Labute approximate surface area is 219 Å². The van der Waals surface area contributed by atoms with E-state index in [0.717, 1.165) is 60.8 Å². The van der Waals surface area contributed by atoms with Gasteiger partial charge >= 0.3 is 0 Å². The molecule has 0 fully saturated rings. The number of unbranched alkanes of at least 4 members (excludes halogenated alkanes) is 2. The van der Waals surface area contributed by atoms with Gasteiger partial charge in [-0.15, -0.1) is 0 Å². The monoisotopic (exact) mass is 492 g/mol. The van der Waals surface area contributed by atoms with Gasteiger partial charge in [-0.1, -0.05) is 80.4 Å². The maximum atomic E-state index is 10.9. The second-order valence-corrected chi connectivity index (χ2v) is 11.9. The average Bonchev–Trinajstić information content (AvgIpc) is 2.79. The number of hydrogen-bond donors (Lipinski definition) is 2. The highest BCUT2D eigenvalue weighted by Gasteiger charge is 2.22. The van der Waals surface area contributed by atoms with Crippen LogP contribution in [0.15, 0.2) is 34.3 Å². The van der Waals surface area contributed by atoms with E-state index in [9.17, 15) is 10.2 Å². The number of rotatable bonds is 11. The molecular formula is C32H48N2O2. The second-order valence-electron chi connectivity index (χ2n) is 11.9. The molecule has 0 aromatic heterocycles. The Kier molecular flexibility index (Phi) is 10.8. The molecule has 2 rings (SSSR count). The van der Waals surface area contributed by atoms with E-state index in [1.165, 1.54) is 11.1 Å². The molecule has 2 aromatic rings. The van der Waals surface area contributed by atoms with Gasteiger partial charge in [0.2, 0.25) is 0 Å². The van der Waals surface area contributed by atoms with E-state index in [0.29, 0.717) is 24.6 Å². The minimum Gasteiger partial charge on any atom is -0.507 e. The summed E-state index contributed by atoms with van der Waals surface area (Å²) in [5.74, 6) is 0.636. The SMILES string of the molecule is CCCCc1cc(C=NCCN=Cc2cc(CCCC)cc(C(C)(C)C)c2O)c(O)c(C(C)(C)C)c1. The summed E-state index contributed by atoms with van der Waals surface area (Å²) in [4.78, 5) is 9.11. The Bertz CT molecular complexity index is 968. The highest BCUT2D eigenvalue weighted by atomic mass is 16.3. The molecule has 0 bridgehead atoms. The third-order valence-corrected chi connectivity index (χ3v) is 6.47. The second kappa shape index (κ2) is 13.1. The predicted octanol–water partition coefficient (Wildman–Crippen LogP) is 7.92. The van der Waals surface area contributed by atoms with Crippen LogP contribution in [0.3, 0.4) is 0 Å². The van der Waals surface area contributed by atoms with Gasteiger partial charge in [-0.2, -0.15) is 0 Å². The number of benzene rings is 2. The van der Waals surface area contributed by atoms with Crippen LogP contribution in [-0.4, -0.2) is 35.7 Å². The molecule has 0 saturated heterocycles. The van der Waals surface area contributed by atoms with Crippen molar-refractivity contribution in [1.29, 1.82) is 0 Å². The number of aryl methyl sites for hydroxylation is 2. The summed E-state index contributed by atoms with van der Waals surface area (Å²) in [6.07, 6.45) is 10.1. The quantitative estimate of drug-likeness (QED) is 0.247. The van der Waals surface area contributed by atoms with Crippen molar-refractivity contribution < 1.29 is 10.2 Å². The molecular weight excluding hydrogens is 444 g/mol. The van der Waals surface area contributed by atoms with Gasteiger partial charge in [-0.05, 0) is 59.8 Å². The largest absolute Gasteiger partial charge is 0.507 e. The van der Waals surface area contributed by atoms with Crippen molar-refractivity contribution in [3.8, 4) is 11.5 Å². The highest BCUT2D eigenvalue weighted by Crippen LogP contribution is 2.35. The number of phenolic OH excluding ortho intramolecular Hbond substituents is 2. The van der Waals surface area contributed by atoms with Crippen LogP contribution in [0, 0.1) is 0 Å². The summed E-state index contributed by atoms with van der Waals surface area (Å²) in [7, 11) is 0. The van der Waals surface area contributed by atoms with E-state index in [1.807, 2.05) is 0 Å². The van der Waals surface area contributed by atoms with Gasteiger partial charge in [0.1, 0.15) is 11.5 Å². The van der Waals surface area contributed by atoms with Gasteiger partial charge in [0.25, 0.3) is 0 Å². The van der Waals surface area contributed by atoms with Gasteiger partial charge in [-0.3, -0.25) is 9.98 Å². The molecule has 0 heterocycles. The molecule has 0 saturated carbocycles. The molecule has 0 unspecified atom stereocenters. The Morgan fingerprint density at radius 3 is 1.31 bits per heavy atom. The number of aromatic hydroxyl groups is 2. The zero-order chi connectivity index (χ0) is 26.9. The van der Waals surface area contributed by atoms with Crippen molar-refractivity contribution in [2.24, 2.45) is 9.98 Å². The van der Waals surface area contributed by atoms with Gasteiger partial charge in [0.15, 0.2) is 0 Å². The Morgan fingerprint density at radius 2 is 1.00 bits per heavy atom. The first-order valence-electron chi connectivity index (χ1n) is 13.6. The zero-order valence-corrected chi connectivity index (χ0v) is 23.9. The molecule has 4 nitrogen and oxygen atoms in total. The summed E-state index contributed by atoms with van der Waals surface area (Å²) >= 11 is 0. The lowest BCUT2D eigenvalue weighted by molar-refractivity contribution is 0.444. The van der Waals surface area contributed by atoms with Gasteiger partial charge in [0.05, 0.1) is 13.1 Å². The molecule has 2 aromatic carbocycles. The van der Waals surface area contributed by atoms with Crippen LogP contribution in [0.4, 0.5) is 0 Å². The summed E-state index contributed by atoms with van der Waals surface area (Å²) in [6, 6.07) is 8.39. The van der Waals surface area contributed by atoms with Crippen molar-refractivity contribution in [3.63, 3.8) is 0 Å². The van der Waals surface area contributed by atoms with Gasteiger partial charge < -0.3 is 10.2 Å². The third-order valence-electron chi connectivity index (χ3n) is 6.47. The standard InChI is InChI=1S/C32H48N2O2/c1-9-11-13-23-17-25(29(35)27(19-23)31(3,4)5)21-33-15-16-34-22-26-18-24(14-12-10-2)20-28(30(26)36)32(6,7)8/h17-22,35-36H,9-16H2,1-8H3. The number of hydrogen-bond acceptors (Lipinski definition) is 4. The minimum absolute atomic E-state index is 0.140. The normalized spacial score (nSPS) is 12.8. The Hall–Kier alpha value is -2.62. The van der Waals surface area contributed by atoms with E-state index in [4.69, 9.17) is 0 Å². The highest BCUT2D eigenvalue weighted by molar-refractivity contribution is 5.85. The smallest absolute Gasteiger partial charge is 0.128 e. The fraction of sp³-hybridized carbons (Fsp3) is 0.562. The lowest BCUT2D eigenvalue weighted by Gasteiger charge is -2.22. The molecule has 0 aliphatic heterocycles. The summed E-state index contributed by atoms with van der Waals surface area (Å²) in [5.41, 5.74) is 5.67. The van der Waals surface area contributed by atoms with Crippen molar-refractivity contribution in [1.82, 2.24) is 0 Å². The third kappa shape index (κ3) is 8.50. The zero-order valence-electron chi connectivity index (χ0n) is 23.9. The molecule has 198 valence electrons. The number of nitrogens with zero attached hydrogens (tertiary/aromatic N) is 2. The fourth-order valence-electron chi connectivity index (χ4n) is 4.27. The van der Waals surface area contributed by atoms with Crippen LogP contribution in [0.2, 0.25) is 0 Å². The van der Waals surface area contributed by atoms with Gasteiger partial charge in [0, 0.05) is 34.7 Å². The number of phenols is 2. The van der Waals surface area contributed by atoms with E-state index < -0.39 is 0 Å². The van der Waals surface area contributed by atoms with Crippen molar-refractivity contribution in [2.45, 2.75) is 105 Å². The maximum Gasteiger partial charge on any atom is 0.128 e. The summed E-state index contributed by atoms with van der Waals surface area (Å²) in [6.45, 7) is 18.2. The molecule has 0 spiro atoms. The molecule has 0 aliphatic rings. The van der Waals surface area contributed by atoms with Crippen molar-refractivity contribution in [3.05, 3.63) is 57.6 Å². The number of aliphatic imine (C=N–C) groups is 2. The van der Waals surface area contributed by atoms with Crippen molar-refractivity contribution in [2.75, 3.05) is 13.1 Å². The van der Waals surface area contributed by atoms with Crippen LogP contribution >= 0.6 is 0 Å². The lowest BCUT2D eigenvalue weighted by Crippen LogP contribution is -2.13. The van der Waals surface area contributed by atoms with Crippen LogP contribution in [0.5, 0.6) is 11.5 Å². The molecule has 36 heavy (non-hydrogen) atoms. The first-order chi connectivity index (χ1) is 16.9.